The maximum atomic E-state index is 4.70. The quantitative estimate of drug-likeness (QED) is 0.591. The van der Waals surface area contributed by atoms with Crippen LogP contribution in [0.25, 0.3) is 10.2 Å². The van der Waals surface area contributed by atoms with Crippen molar-refractivity contribution < 1.29 is 0 Å². The van der Waals surface area contributed by atoms with Gasteiger partial charge in [0.1, 0.15) is 17.0 Å². The van der Waals surface area contributed by atoms with E-state index in [1.807, 2.05) is 11.7 Å². The third-order valence-corrected chi connectivity index (χ3v) is 7.96. The second-order valence-electron chi connectivity index (χ2n) is 9.65. The van der Waals surface area contributed by atoms with E-state index in [0.29, 0.717) is 17.4 Å². The lowest BCUT2D eigenvalue weighted by Gasteiger charge is -2.52. The lowest BCUT2D eigenvalue weighted by molar-refractivity contribution is -0.0238. The van der Waals surface area contributed by atoms with E-state index >= 15 is 0 Å². The molecule has 30 heavy (non-hydrogen) atoms. The number of thiophene rings is 1. The Hall–Kier alpha value is -1.99. The van der Waals surface area contributed by atoms with E-state index in [1.54, 1.807) is 17.7 Å². The summed E-state index contributed by atoms with van der Waals surface area (Å²) in [6.45, 7) is 11.4. The molecule has 0 aromatic carbocycles. The zero-order valence-corrected chi connectivity index (χ0v) is 19.3. The van der Waals surface area contributed by atoms with Crippen LogP contribution in [-0.4, -0.2) is 50.8 Å². The first-order valence-corrected chi connectivity index (χ1v) is 12.0. The predicted octanol–water partition coefficient (Wildman–Crippen LogP) is 4.29. The van der Waals surface area contributed by atoms with Crippen molar-refractivity contribution in [2.24, 2.45) is 18.4 Å². The molecule has 6 nitrogen and oxygen atoms in total. The third-order valence-electron chi connectivity index (χ3n) is 6.77. The number of fused-ring (bicyclic) bond motifs is 1. The van der Waals surface area contributed by atoms with Gasteiger partial charge in [0.05, 0.1) is 11.6 Å². The van der Waals surface area contributed by atoms with E-state index in [9.17, 15) is 0 Å². The molecular weight excluding hydrogens is 392 g/mol. The summed E-state index contributed by atoms with van der Waals surface area (Å²) in [4.78, 5) is 16.9. The molecule has 2 fully saturated rings. The molecule has 5 rings (SSSR count). The fourth-order valence-corrected chi connectivity index (χ4v) is 6.21. The van der Waals surface area contributed by atoms with Crippen LogP contribution in [0.1, 0.15) is 50.1 Å². The fourth-order valence-electron chi connectivity index (χ4n) is 5.28. The first-order chi connectivity index (χ1) is 14.5. The Kier molecular flexibility index (Phi) is 5.06. The summed E-state index contributed by atoms with van der Waals surface area (Å²) in [5, 5.41) is 5.67. The minimum absolute atomic E-state index is 0.401. The molecule has 0 saturated carbocycles. The van der Waals surface area contributed by atoms with Gasteiger partial charge in [-0.25, -0.2) is 9.97 Å². The highest BCUT2D eigenvalue weighted by Gasteiger charge is 2.50. The molecular formula is C23H32N6S. The van der Waals surface area contributed by atoms with Gasteiger partial charge in [0.15, 0.2) is 0 Å². The molecule has 2 saturated heterocycles. The van der Waals surface area contributed by atoms with Gasteiger partial charge in [0.25, 0.3) is 0 Å². The van der Waals surface area contributed by atoms with Crippen molar-refractivity contribution in [3.8, 4) is 0 Å². The van der Waals surface area contributed by atoms with Gasteiger partial charge in [-0.1, -0.05) is 20.8 Å². The van der Waals surface area contributed by atoms with Gasteiger partial charge >= 0.3 is 0 Å². The van der Waals surface area contributed by atoms with Crippen LogP contribution in [0.4, 0.5) is 5.82 Å². The van der Waals surface area contributed by atoms with E-state index in [1.165, 1.54) is 41.8 Å². The lowest BCUT2D eigenvalue weighted by atomic mass is 9.77. The maximum Gasteiger partial charge on any atom is 0.140 e. The molecule has 3 aromatic rings. The highest BCUT2D eigenvalue weighted by Crippen LogP contribution is 2.46. The van der Waals surface area contributed by atoms with Crippen molar-refractivity contribution in [3.63, 3.8) is 0 Å². The van der Waals surface area contributed by atoms with Gasteiger partial charge < -0.3 is 4.90 Å². The second-order valence-corrected chi connectivity index (χ2v) is 10.8. The van der Waals surface area contributed by atoms with E-state index in [-0.39, 0.29) is 0 Å². The van der Waals surface area contributed by atoms with Crippen LogP contribution in [0, 0.1) is 11.3 Å². The van der Waals surface area contributed by atoms with Gasteiger partial charge in [-0.3, -0.25) is 9.58 Å². The number of rotatable bonds is 6. The summed E-state index contributed by atoms with van der Waals surface area (Å²) in [5.41, 5.74) is 1.76. The van der Waals surface area contributed by atoms with Gasteiger partial charge in [-0.05, 0) is 31.2 Å². The molecule has 1 atom stereocenters. The zero-order chi connectivity index (χ0) is 20.9. The van der Waals surface area contributed by atoms with E-state index in [0.717, 1.165) is 30.2 Å². The average molecular weight is 425 g/mol. The van der Waals surface area contributed by atoms with Crippen molar-refractivity contribution in [2.75, 3.05) is 31.1 Å². The lowest BCUT2D eigenvalue weighted by Crippen LogP contribution is -2.58. The highest BCUT2D eigenvalue weighted by molar-refractivity contribution is 7.18. The average Bonchev–Trinajstić information content (AvgIpc) is 3.41. The summed E-state index contributed by atoms with van der Waals surface area (Å²) in [6.07, 6.45) is 9.49. The highest BCUT2D eigenvalue weighted by atomic mass is 32.1. The first kappa shape index (κ1) is 19.9. The Morgan fingerprint density at radius 3 is 2.73 bits per heavy atom. The van der Waals surface area contributed by atoms with E-state index in [4.69, 9.17) is 4.98 Å². The molecule has 1 unspecified atom stereocenters. The Labute approximate surface area is 182 Å². The summed E-state index contributed by atoms with van der Waals surface area (Å²) >= 11 is 1.81. The van der Waals surface area contributed by atoms with Crippen LogP contribution in [0.2, 0.25) is 0 Å². The molecule has 160 valence electrons. The predicted molar refractivity (Wildman–Crippen MR) is 123 cm³/mol. The standard InChI is InChI=1S/C23H32N6S/c1-5-18-9-19-21(24-15-25-22(19)30-18)28-7-6-23(12-28)13-29(14-23)20(8-16(2)3)17-10-26-27(4)11-17/h9-11,15-16,20H,5-8,12-14H2,1-4H3. The van der Waals surface area contributed by atoms with Crippen LogP contribution in [0.3, 0.4) is 0 Å². The fraction of sp³-hybridized carbons (Fsp3) is 0.609. The molecule has 0 N–H and O–H groups in total. The van der Waals surface area contributed by atoms with Crippen LogP contribution in [-0.2, 0) is 13.5 Å². The van der Waals surface area contributed by atoms with E-state index in [2.05, 4.69) is 59.1 Å². The molecule has 1 spiro atoms. The van der Waals surface area contributed by atoms with Crippen molar-refractivity contribution in [1.29, 1.82) is 0 Å². The summed E-state index contributed by atoms with van der Waals surface area (Å²) in [5.74, 6) is 1.81. The number of aromatic nitrogens is 4. The molecule has 0 amide bonds. The number of hydrogen-bond donors (Lipinski definition) is 0. The topological polar surface area (TPSA) is 50.1 Å². The molecule has 2 aliphatic heterocycles. The second kappa shape index (κ2) is 7.61. The number of nitrogens with zero attached hydrogens (tertiary/aromatic N) is 6. The number of aryl methyl sites for hydroxylation is 2. The van der Waals surface area contributed by atoms with Crippen molar-refractivity contribution in [2.45, 2.75) is 46.1 Å². The summed E-state index contributed by atoms with van der Waals surface area (Å²) in [6, 6.07) is 2.78. The normalized spacial score (nSPS) is 19.8. The molecule has 0 radical (unpaired) electrons. The van der Waals surface area contributed by atoms with E-state index < -0.39 is 0 Å². The third kappa shape index (κ3) is 3.52. The monoisotopic (exact) mass is 424 g/mol. The first-order valence-electron chi connectivity index (χ1n) is 11.2. The Bertz CT molecular complexity index is 1030. The van der Waals surface area contributed by atoms with Crippen molar-refractivity contribution >= 4 is 27.4 Å². The largest absolute Gasteiger partial charge is 0.355 e. The van der Waals surface area contributed by atoms with Gasteiger partial charge in [-0.2, -0.15) is 5.10 Å². The summed E-state index contributed by atoms with van der Waals surface area (Å²) < 4.78 is 1.93. The minimum Gasteiger partial charge on any atom is -0.355 e. The molecule has 2 aliphatic rings. The maximum absolute atomic E-state index is 4.70. The van der Waals surface area contributed by atoms with Gasteiger partial charge in [0, 0.05) is 61.3 Å². The van der Waals surface area contributed by atoms with Crippen LogP contribution in [0.15, 0.2) is 24.8 Å². The van der Waals surface area contributed by atoms with Gasteiger partial charge in [0.2, 0.25) is 0 Å². The van der Waals surface area contributed by atoms with Crippen LogP contribution < -0.4 is 4.90 Å². The van der Waals surface area contributed by atoms with Crippen molar-refractivity contribution in [3.05, 3.63) is 35.2 Å². The van der Waals surface area contributed by atoms with Crippen LogP contribution in [0.5, 0.6) is 0 Å². The number of anilines is 1. The SMILES string of the molecule is CCc1cc2c(N3CCC4(C3)CN(C(CC(C)C)c3cnn(C)c3)C4)ncnc2s1. The Balaban J connectivity index is 1.31. The Morgan fingerprint density at radius 1 is 1.20 bits per heavy atom. The molecule has 7 heteroatoms. The molecule has 0 aliphatic carbocycles. The van der Waals surface area contributed by atoms with Crippen LogP contribution >= 0.6 is 11.3 Å². The summed E-state index contributed by atoms with van der Waals surface area (Å²) in [7, 11) is 2.01. The minimum atomic E-state index is 0.401. The number of hydrogen-bond acceptors (Lipinski definition) is 6. The molecule has 3 aromatic heterocycles. The van der Waals surface area contributed by atoms with Gasteiger partial charge in [-0.15, -0.1) is 11.3 Å². The molecule has 0 bridgehead atoms. The zero-order valence-electron chi connectivity index (χ0n) is 18.5. The number of likely N-dealkylation sites (tertiary alicyclic amines) is 1. The molecule has 5 heterocycles. The Morgan fingerprint density at radius 2 is 2.03 bits per heavy atom. The smallest absolute Gasteiger partial charge is 0.140 e. The van der Waals surface area contributed by atoms with Crippen molar-refractivity contribution in [1.82, 2.24) is 24.6 Å².